The van der Waals surface area contributed by atoms with Gasteiger partial charge in [-0.05, 0) is 105 Å². The molecule has 224 valence electrons. The first-order valence-electron chi connectivity index (χ1n) is 14.3. The molecule has 44 heavy (non-hydrogen) atoms. The lowest BCUT2D eigenvalue weighted by atomic mass is 10.0. The highest BCUT2D eigenvalue weighted by atomic mass is 35.5. The maximum absolute atomic E-state index is 12.0. The molecule has 6 nitrogen and oxygen atoms in total. The third-order valence-corrected chi connectivity index (χ3v) is 7.16. The zero-order valence-corrected chi connectivity index (χ0v) is 26.5. The van der Waals surface area contributed by atoms with Crippen molar-refractivity contribution in [2.45, 2.75) is 39.8 Å². The van der Waals surface area contributed by atoms with Crippen LogP contribution < -0.4 is 10.1 Å². The summed E-state index contributed by atoms with van der Waals surface area (Å²) in [6, 6.07) is 28.9. The predicted molar refractivity (Wildman–Crippen MR) is 181 cm³/mol. The Bertz CT molecular complexity index is 1770. The molecular weight excluding hydrogens is 593 g/mol. The van der Waals surface area contributed by atoms with Crippen LogP contribution in [0.5, 0.6) is 11.5 Å². The molecule has 0 aliphatic carbocycles. The number of halogens is 2. The van der Waals surface area contributed by atoms with Crippen LogP contribution in [-0.4, -0.2) is 21.2 Å². The maximum atomic E-state index is 12.0. The average molecular weight is 627 g/mol. The molecule has 4 aromatic carbocycles. The molecule has 8 heteroatoms. The molecule has 0 spiro atoms. The standard InChI is InChI=1S/C36H33Cl2N3O3/c1-5-41-23-33(31-20-13-27(37)22-32(31)38)40-34(41)21-8-24-6-9-25(10-7-24)26-11-16-29(17-12-26)43-30-18-14-28(15-19-30)39-35(42)44-36(2,3)4/h6-23H,5H2,1-4H3,(H,39,42). The number of anilines is 1. The number of nitrogens with one attached hydrogen (secondary N) is 1. The minimum atomic E-state index is -0.557. The molecule has 0 unspecified atom stereocenters. The highest BCUT2D eigenvalue weighted by Gasteiger charge is 2.16. The average Bonchev–Trinajstić information content (AvgIpc) is 3.40. The molecule has 5 rings (SSSR count). The highest BCUT2D eigenvalue weighted by Crippen LogP contribution is 2.31. The largest absolute Gasteiger partial charge is 0.457 e. The number of rotatable bonds is 8. The number of aromatic nitrogens is 2. The van der Waals surface area contributed by atoms with Crippen molar-refractivity contribution < 1.29 is 14.3 Å². The molecule has 0 saturated carbocycles. The van der Waals surface area contributed by atoms with Crippen molar-refractivity contribution in [3.63, 3.8) is 0 Å². The van der Waals surface area contributed by atoms with E-state index in [-0.39, 0.29) is 0 Å². The van der Waals surface area contributed by atoms with Gasteiger partial charge in [0.25, 0.3) is 0 Å². The number of nitrogens with zero attached hydrogens (tertiary/aromatic N) is 2. The molecule has 0 aliphatic heterocycles. The van der Waals surface area contributed by atoms with Gasteiger partial charge in [0, 0.05) is 29.0 Å². The van der Waals surface area contributed by atoms with Gasteiger partial charge in [0.05, 0.1) is 10.7 Å². The van der Waals surface area contributed by atoms with Gasteiger partial charge in [0.2, 0.25) is 0 Å². The maximum Gasteiger partial charge on any atom is 0.412 e. The third-order valence-electron chi connectivity index (χ3n) is 6.61. The van der Waals surface area contributed by atoms with Gasteiger partial charge in [-0.2, -0.15) is 0 Å². The fourth-order valence-electron chi connectivity index (χ4n) is 4.48. The van der Waals surface area contributed by atoms with E-state index in [1.54, 1.807) is 30.3 Å². The van der Waals surface area contributed by atoms with Gasteiger partial charge in [-0.1, -0.05) is 65.7 Å². The zero-order chi connectivity index (χ0) is 31.3. The van der Waals surface area contributed by atoms with Crippen molar-refractivity contribution in [1.82, 2.24) is 9.55 Å². The summed E-state index contributed by atoms with van der Waals surface area (Å²) in [5.74, 6) is 2.23. The Balaban J connectivity index is 1.20. The Kier molecular flexibility index (Phi) is 9.43. The fraction of sp³-hybridized carbons (Fsp3) is 0.167. The monoisotopic (exact) mass is 625 g/mol. The van der Waals surface area contributed by atoms with E-state index in [1.165, 1.54) is 0 Å². The second kappa shape index (κ2) is 13.4. The quantitative estimate of drug-likeness (QED) is 0.186. The number of carbonyl (C=O) groups excluding carboxylic acids is 1. The molecular formula is C36H33Cl2N3O3. The molecule has 0 saturated heterocycles. The number of imidazole rings is 1. The zero-order valence-electron chi connectivity index (χ0n) is 25.0. The lowest BCUT2D eigenvalue weighted by molar-refractivity contribution is 0.0636. The van der Waals surface area contributed by atoms with Crippen LogP contribution in [0.2, 0.25) is 10.0 Å². The molecule has 0 fully saturated rings. The van der Waals surface area contributed by atoms with E-state index < -0.39 is 11.7 Å². The summed E-state index contributed by atoms with van der Waals surface area (Å²) in [7, 11) is 0. The fourth-order valence-corrected chi connectivity index (χ4v) is 4.99. The smallest absolute Gasteiger partial charge is 0.412 e. The van der Waals surface area contributed by atoms with Crippen molar-refractivity contribution in [1.29, 1.82) is 0 Å². The number of amides is 1. The summed E-state index contributed by atoms with van der Waals surface area (Å²) in [4.78, 5) is 16.8. The van der Waals surface area contributed by atoms with E-state index in [0.29, 0.717) is 27.2 Å². The van der Waals surface area contributed by atoms with Crippen molar-refractivity contribution >= 4 is 47.1 Å². The molecule has 1 N–H and O–H groups in total. The summed E-state index contributed by atoms with van der Waals surface area (Å²) in [6.45, 7) is 8.34. The van der Waals surface area contributed by atoms with E-state index in [9.17, 15) is 4.79 Å². The Morgan fingerprint density at radius 1 is 0.864 bits per heavy atom. The SMILES string of the molecule is CCn1cc(-c2ccc(Cl)cc2Cl)nc1C=Cc1ccc(-c2ccc(Oc3ccc(NC(=O)OC(C)(C)C)cc3)cc2)cc1. The molecule has 5 aromatic rings. The lowest BCUT2D eigenvalue weighted by Gasteiger charge is -2.19. The first kappa shape index (κ1) is 30.9. The lowest BCUT2D eigenvalue weighted by Crippen LogP contribution is -2.27. The number of aryl methyl sites for hydroxylation is 1. The van der Waals surface area contributed by atoms with Crippen LogP contribution in [0, 0.1) is 0 Å². The topological polar surface area (TPSA) is 65.4 Å². The molecule has 1 aromatic heterocycles. The van der Waals surface area contributed by atoms with Gasteiger partial charge < -0.3 is 14.0 Å². The van der Waals surface area contributed by atoms with Gasteiger partial charge in [0.15, 0.2) is 0 Å². The number of carbonyl (C=O) groups is 1. The minimum Gasteiger partial charge on any atom is -0.457 e. The summed E-state index contributed by atoms with van der Waals surface area (Å²) >= 11 is 12.5. The Morgan fingerprint density at radius 2 is 1.48 bits per heavy atom. The third kappa shape index (κ3) is 8.10. The van der Waals surface area contributed by atoms with Crippen LogP contribution in [0.3, 0.4) is 0 Å². The summed E-state index contributed by atoms with van der Waals surface area (Å²) in [5, 5.41) is 3.89. The van der Waals surface area contributed by atoms with Crippen molar-refractivity contribution in [3.8, 4) is 33.9 Å². The molecule has 0 bridgehead atoms. The number of hydrogen-bond acceptors (Lipinski definition) is 4. The van der Waals surface area contributed by atoms with E-state index >= 15 is 0 Å². The van der Waals surface area contributed by atoms with E-state index in [2.05, 4.69) is 47.1 Å². The van der Waals surface area contributed by atoms with Crippen molar-refractivity contribution in [2.75, 3.05) is 5.32 Å². The van der Waals surface area contributed by atoms with Crippen molar-refractivity contribution in [2.24, 2.45) is 0 Å². The van der Waals surface area contributed by atoms with Crippen LogP contribution in [-0.2, 0) is 11.3 Å². The second-order valence-electron chi connectivity index (χ2n) is 11.1. The van der Waals surface area contributed by atoms with Gasteiger partial charge >= 0.3 is 6.09 Å². The van der Waals surface area contributed by atoms with Gasteiger partial charge in [-0.25, -0.2) is 9.78 Å². The van der Waals surface area contributed by atoms with Crippen LogP contribution in [0.1, 0.15) is 39.1 Å². The van der Waals surface area contributed by atoms with E-state index in [4.69, 9.17) is 37.7 Å². The van der Waals surface area contributed by atoms with Crippen LogP contribution >= 0.6 is 23.2 Å². The van der Waals surface area contributed by atoms with Crippen LogP contribution in [0.4, 0.5) is 10.5 Å². The summed E-state index contributed by atoms with van der Waals surface area (Å²) in [6.07, 6.45) is 5.57. The predicted octanol–water partition coefficient (Wildman–Crippen LogP) is 10.9. The second-order valence-corrected chi connectivity index (χ2v) is 12.0. The molecule has 1 heterocycles. The highest BCUT2D eigenvalue weighted by molar-refractivity contribution is 6.36. The number of ether oxygens (including phenoxy) is 2. The molecule has 0 atom stereocenters. The van der Waals surface area contributed by atoms with E-state index in [1.807, 2.05) is 69.4 Å². The van der Waals surface area contributed by atoms with Crippen LogP contribution in [0.15, 0.2) is 97.2 Å². The van der Waals surface area contributed by atoms with Crippen LogP contribution in [0.25, 0.3) is 34.5 Å². The first-order chi connectivity index (χ1) is 21.1. The number of hydrogen-bond donors (Lipinski definition) is 1. The van der Waals surface area contributed by atoms with Crippen molar-refractivity contribution in [3.05, 3.63) is 119 Å². The van der Waals surface area contributed by atoms with E-state index in [0.717, 1.165) is 40.3 Å². The molecule has 0 aliphatic rings. The van der Waals surface area contributed by atoms with Gasteiger partial charge in [-0.15, -0.1) is 0 Å². The summed E-state index contributed by atoms with van der Waals surface area (Å²) in [5.41, 5.74) is 4.97. The Morgan fingerprint density at radius 3 is 2.07 bits per heavy atom. The van der Waals surface area contributed by atoms with Gasteiger partial charge in [-0.3, -0.25) is 5.32 Å². The number of benzene rings is 4. The minimum absolute atomic E-state index is 0.496. The Hall–Kier alpha value is -4.52. The molecule has 1 amide bonds. The summed E-state index contributed by atoms with van der Waals surface area (Å²) < 4.78 is 13.4. The normalized spacial score (nSPS) is 11.5. The molecule has 0 radical (unpaired) electrons. The first-order valence-corrected chi connectivity index (χ1v) is 15.0. The Labute approximate surface area is 267 Å². The van der Waals surface area contributed by atoms with Gasteiger partial charge in [0.1, 0.15) is 22.9 Å².